The molecule has 3 heterocycles. The Labute approximate surface area is 175 Å². The van der Waals surface area contributed by atoms with Crippen molar-refractivity contribution in [2.24, 2.45) is 0 Å². The van der Waals surface area contributed by atoms with Crippen LogP contribution in [0, 0.1) is 17.1 Å². The molecule has 6 nitrogen and oxygen atoms in total. The van der Waals surface area contributed by atoms with E-state index in [2.05, 4.69) is 20.9 Å². The number of nitrogens with zero attached hydrogens (tertiary/aromatic N) is 5. The van der Waals surface area contributed by atoms with Gasteiger partial charge in [0.25, 0.3) is 0 Å². The monoisotopic (exact) mass is 403 g/mol. The van der Waals surface area contributed by atoms with E-state index in [-0.39, 0.29) is 5.82 Å². The van der Waals surface area contributed by atoms with Gasteiger partial charge in [-0.15, -0.1) is 0 Å². The van der Waals surface area contributed by atoms with E-state index in [4.69, 9.17) is 0 Å². The zero-order valence-electron chi connectivity index (χ0n) is 16.8. The molecule has 0 N–H and O–H groups in total. The largest absolute Gasteiger partial charge is 0.356 e. The quantitative estimate of drug-likeness (QED) is 0.735. The van der Waals surface area contributed by atoms with Gasteiger partial charge in [-0.3, -0.25) is 9.78 Å². The summed E-state index contributed by atoms with van der Waals surface area (Å²) in [5, 5.41) is 9.92. The molecular formula is C23H22FN5O. The van der Waals surface area contributed by atoms with E-state index in [1.807, 2.05) is 19.2 Å². The molecule has 0 radical (unpaired) electrons. The van der Waals surface area contributed by atoms with Crippen LogP contribution in [-0.4, -0.2) is 65.9 Å². The molecular weight excluding hydrogens is 381 g/mol. The Morgan fingerprint density at radius 2 is 1.63 bits per heavy atom. The minimum atomic E-state index is -0.314. The number of pyridine rings is 1. The summed E-state index contributed by atoms with van der Waals surface area (Å²) < 4.78 is 13.6. The smallest absolute Gasteiger partial charge is 0.209 e. The van der Waals surface area contributed by atoms with E-state index in [1.165, 1.54) is 12.1 Å². The molecule has 0 spiro atoms. The fourth-order valence-electron chi connectivity index (χ4n) is 4.10. The van der Waals surface area contributed by atoms with Crippen LogP contribution in [0.2, 0.25) is 0 Å². The van der Waals surface area contributed by atoms with Crippen molar-refractivity contribution in [3.63, 3.8) is 0 Å². The van der Waals surface area contributed by atoms with Crippen LogP contribution in [0.5, 0.6) is 0 Å². The Balaban J connectivity index is 1.92. The third-order valence-corrected chi connectivity index (χ3v) is 5.53. The summed E-state index contributed by atoms with van der Waals surface area (Å²) in [4.78, 5) is 21.4. The summed E-state index contributed by atoms with van der Waals surface area (Å²) >= 11 is 0. The molecule has 30 heavy (non-hydrogen) atoms. The maximum Gasteiger partial charge on any atom is 0.209 e. The van der Waals surface area contributed by atoms with E-state index in [1.54, 1.807) is 29.4 Å². The maximum atomic E-state index is 13.6. The van der Waals surface area contributed by atoms with Gasteiger partial charge in [-0.25, -0.2) is 4.39 Å². The SMILES string of the molecule is CN1CC(C#N)=C(c2ccc(F)cc2)C(c2ccncc2)=C1N1CCN(C=O)CC1. The minimum absolute atomic E-state index is 0.314. The second-order valence-electron chi connectivity index (χ2n) is 7.39. The van der Waals surface area contributed by atoms with Gasteiger partial charge in [0.1, 0.15) is 11.6 Å². The van der Waals surface area contributed by atoms with Crippen molar-refractivity contribution >= 4 is 17.6 Å². The first kappa shape index (κ1) is 19.6. The standard InChI is InChI=1S/C23H22FN5O/c1-27-15-19(14-25)21(17-2-4-20(24)5-3-17)22(18-6-8-26-9-7-18)23(27)29-12-10-28(16-30)11-13-29/h2-9,16H,10-13,15H2,1H3. The number of benzene rings is 1. The van der Waals surface area contributed by atoms with Gasteiger partial charge in [0.05, 0.1) is 18.2 Å². The summed E-state index contributed by atoms with van der Waals surface area (Å²) in [5.74, 6) is 0.690. The molecule has 1 saturated heterocycles. The van der Waals surface area contributed by atoms with Crippen LogP contribution < -0.4 is 0 Å². The zero-order valence-corrected chi connectivity index (χ0v) is 16.8. The summed E-state index contributed by atoms with van der Waals surface area (Å²) in [6.45, 7) is 3.15. The second kappa shape index (κ2) is 8.37. The van der Waals surface area contributed by atoms with Crippen molar-refractivity contribution in [3.05, 3.63) is 77.1 Å². The van der Waals surface area contributed by atoms with Crippen LogP contribution in [0.1, 0.15) is 11.1 Å². The Morgan fingerprint density at radius 1 is 1.00 bits per heavy atom. The van der Waals surface area contributed by atoms with Crippen LogP contribution in [0.4, 0.5) is 4.39 Å². The third-order valence-electron chi connectivity index (χ3n) is 5.53. The average molecular weight is 403 g/mol. The van der Waals surface area contributed by atoms with Crippen molar-refractivity contribution in [1.82, 2.24) is 19.7 Å². The van der Waals surface area contributed by atoms with Crippen molar-refractivity contribution in [1.29, 1.82) is 5.26 Å². The van der Waals surface area contributed by atoms with E-state index in [0.717, 1.165) is 34.5 Å². The summed E-state index contributed by atoms with van der Waals surface area (Å²) in [6, 6.07) is 12.5. The number of amides is 1. The first-order valence-electron chi connectivity index (χ1n) is 9.82. The molecule has 2 aliphatic rings. The molecule has 1 fully saturated rings. The number of likely N-dealkylation sites (N-methyl/N-ethyl adjacent to an activating group) is 1. The van der Waals surface area contributed by atoms with Gasteiger partial charge in [-0.1, -0.05) is 12.1 Å². The third kappa shape index (κ3) is 3.64. The second-order valence-corrected chi connectivity index (χ2v) is 7.39. The molecule has 2 aliphatic heterocycles. The minimum Gasteiger partial charge on any atom is -0.356 e. The van der Waals surface area contributed by atoms with Crippen LogP contribution in [0.3, 0.4) is 0 Å². The number of allylic oxidation sites excluding steroid dienone is 2. The average Bonchev–Trinajstić information content (AvgIpc) is 2.79. The lowest BCUT2D eigenvalue weighted by Crippen LogP contribution is -2.49. The van der Waals surface area contributed by atoms with Crippen LogP contribution in [0.15, 0.2) is 60.2 Å². The van der Waals surface area contributed by atoms with Gasteiger partial charge < -0.3 is 14.7 Å². The molecule has 0 bridgehead atoms. The van der Waals surface area contributed by atoms with E-state index in [9.17, 15) is 14.4 Å². The van der Waals surface area contributed by atoms with Gasteiger partial charge in [0, 0.05) is 56.8 Å². The number of piperazine rings is 1. The summed E-state index contributed by atoms with van der Waals surface area (Å²) in [5.41, 5.74) is 4.11. The molecule has 1 aromatic carbocycles. The van der Waals surface area contributed by atoms with E-state index < -0.39 is 0 Å². The number of nitriles is 1. The van der Waals surface area contributed by atoms with E-state index >= 15 is 0 Å². The molecule has 1 aromatic heterocycles. The lowest BCUT2D eigenvalue weighted by molar-refractivity contribution is -0.119. The highest BCUT2D eigenvalue weighted by molar-refractivity contribution is 6.08. The van der Waals surface area contributed by atoms with Crippen LogP contribution in [-0.2, 0) is 4.79 Å². The Hall–Kier alpha value is -3.66. The lowest BCUT2D eigenvalue weighted by atomic mass is 9.86. The van der Waals surface area contributed by atoms with Crippen molar-refractivity contribution in [3.8, 4) is 6.07 Å². The Kier molecular flexibility index (Phi) is 5.48. The topological polar surface area (TPSA) is 63.5 Å². The number of hydrogen-bond acceptors (Lipinski definition) is 5. The van der Waals surface area contributed by atoms with Crippen molar-refractivity contribution in [2.75, 3.05) is 39.8 Å². The molecule has 0 atom stereocenters. The van der Waals surface area contributed by atoms with Gasteiger partial charge in [-0.05, 0) is 35.4 Å². The van der Waals surface area contributed by atoms with Crippen LogP contribution >= 0.6 is 0 Å². The molecule has 1 amide bonds. The van der Waals surface area contributed by atoms with Crippen LogP contribution in [0.25, 0.3) is 11.1 Å². The van der Waals surface area contributed by atoms with Gasteiger partial charge in [-0.2, -0.15) is 5.26 Å². The highest BCUT2D eigenvalue weighted by Gasteiger charge is 2.31. The summed E-state index contributed by atoms with van der Waals surface area (Å²) in [6.07, 6.45) is 4.35. The molecule has 0 saturated carbocycles. The fourth-order valence-corrected chi connectivity index (χ4v) is 4.10. The first-order valence-corrected chi connectivity index (χ1v) is 9.82. The highest BCUT2D eigenvalue weighted by atomic mass is 19.1. The maximum absolute atomic E-state index is 13.6. The van der Waals surface area contributed by atoms with E-state index in [0.29, 0.717) is 38.3 Å². The number of hydrogen-bond donors (Lipinski definition) is 0. The molecule has 7 heteroatoms. The van der Waals surface area contributed by atoms with Gasteiger partial charge in [0.15, 0.2) is 0 Å². The van der Waals surface area contributed by atoms with Crippen molar-refractivity contribution < 1.29 is 9.18 Å². The molecule has 152 valence electrons. The molecule has 4 rings (SSSR count). The highest BCUT2D eigenvalue weighted by Crippen LogP contribution is 2.41. The number of carbonyl (C=O) groups excluding carboxylic acids is 1. The predicted octanol–water partition coefficient (Wildman–Crippen LogP) is 2.59. The normalized spacial score (nSPS) is 17.3. The lowest BCUT2D eigenvalue weighted by Gasteiger charge is -2.43. The zero-order chi connectivity index (χ0) is 21.1. The first-order chi connectivity index (χ1) is 14.6. The molecule has 0 unspecified atom stereocenters. The van der Waals surface area contributed by atoms with Gasteiger partial charge in [0.2, 0.25) is 6.41 Å². The number of rotatable bonds is 4. The Morgan fingerprint density at radius 3 is 2.23 bits per heavy atom. The van der Waals surface area contributed by atoms with Gasteiger partial charge >= 0.3 is 0 Å². The molecule has 2 aromatic rings. The van der Waals surface area contributed by atoms with Crippen molar-refractivity contribution in [2.45, 2.75) is 0 Å². The number of halogens is 1. The summed E-state index contributed by atoms with van der Waals surface area (Å²) in [7, 11) is 1.97. The number of carbonyl (C=O) groups is 1. The molecule has 0 aliphatic carbocycles. The number of aromatic nitrogens is 1. The Bertz CT molecular complexity index is 1030. The predicted molar refractivity (Wildman–Crippen MR) is 112 cm³/mol. The fraction of sp³-hybridized carbons (Fsp3) is 0.261.